The number of nitro benzene ring substituents is 1. The zero-order chi connectivity index (χ0) is 35.2. The number of allylic oxidation sites excluding steroid dienone is 2. The summed E-state index contributed by atoms with van der Waals surface area (Å²) in [5.41, 5.74) is 1.90. The van der Waals surface area contributed by atoms with Gasteiger partial charge in [0, 0.05) is 40.1 Å². The number of nitrogens with one attached hydrogen (secondary N) is 1. The third kappa shape index (κ3) is 8.62. The first-order chi connectivity index (χ1) is 22.6. The summed E-state index contributed by atoms with van der Waals surface area (Å²) in [6.07, 6.45) is 0.492. The summed E-state index contributed by atoms with van der Waals surface area (Å²) in [4.78, 5) is 39.5. The van der Waals surface area contributed by atoms with Gasteiger partial charge < -0.3 is 19.7 Å². The number of rotatable bonds is 12. The number of dihydropyridines is 1. The molecule has 0 unspecified atom stereocenters. The number of carbonyl (C=O) groups excluding carboxylic acids is 2. The van der Waals surface area contributed by atoms with Gasteiger partial charge in [-0.25, -0.2) is 9.59 Å². The minimum atomic E-state index is -2.49. The van der Waals surface area contributed by atoms with Crippen molar-refractivity contribution in [3.8, 4) is 0 Å². The number of likely N-dealkylation sites (N-methyl/N-ethyl adjacent to an activating group) is 1. The van der Waals surface area contributed by atoms with Gasteiger partial charge in [0.1, 0.15) is 5.60 Å². The molecule has 10 heteroatoms. The van der Waals surface area contributed by atoms with E-state index >= 15 is 0 Å². The predicted octanol–water partition coefficient (Wildman–Crippen LogP) is 6.90. The predicted molar refractivity (Wildman–Crippen MR) is 181 cm³/mol. The SMILES string of the molecule is Cl.[2H]C([2H])([2H])N(CCC(c1ccccc1)c1ccccc1)CC(C)(C)OC(=O)C1=C(C)NC(C)=C(C(=O)OC)[C@@H]1c1cccc([N+](=O)[O-])c1. The average molecular weight is 651 g/mol. The smallest absolute Gasteiger partial charge is 0.337 e. The number of nitrogens with zero attached hydrogens (tertiary/aromatic N) is 2. The zero-order valence-corrected chi connectivity index (χ0v) is 27.4. The molecule has 3 aromatic carbocycles. The van der Waals surface area contributed by atoms with Crippen LogP contribution in [0.3, 0.4) is 0 Å². The molecule has 46 heavy (non-hydrogen) atoms. The number of halogens is 1. The normalized spacial score (nSPS) is 16.2. The van der Waals surface area contributed by atoms with E-state index in [1.165, 1.54) is 30.2 Å². The van der Waals surface area contributed by atoms with E-state index in [4.69, 9.17) is 13.6 Å². The van der Waals surface area contributed by atoms with E-state index in [0.717, 1.165) is 11.1 Å². The van der Waals surface area contributed by atoms with Gasteiger partial charge in [0.2, 0.25) is 0 Å². The Labute approximate surface area is 281 Å². The quantitative estimate of drug-likeness (QED) is 0.128. The fourth-order valence-corrected chi connectivity index (χ4v) is 5.85. The molecule has 1 atom stereocenters. The molecule has 1 heterocycles. The minimum Gasteiger partial charge on any atom is -0.466 e. The molecule has 0 fully saturated rings. The molecule has 0 radical (unpaired) electrons. The number of esters is 2. The number of hydrogen-bond donors (Lipinski definition) is 1. The van der Waals surface area contributed by atoms with Gasteiger partial charge in [-0.1, -0.05) is 72.8 Å². The van der Waals surface area contributed by atoms with Crippen molar-refractivity contribution < 1.29 is 28.1 Å². The summed E-state index contributed by atoms with van der Waals surface area (Å²) >= 11 is 0. The van der Waals surface area contributed by atoms with E-state index in [0.29, 0.717) is 23.4 Å². The molecule has 0 saturated heterocycles. The Balaban J connectivity index is 0.00000650. The highest BCUT2D eigenvalue weighted by Crippen LogP contribution is 2.40. The van der Waals surface area contributed by atoms with Crippen LogP contribution in [0.25, 0.3) is 0 Å². The summed E-state index contributed by atoms with van der Waals surface area (Å²) in [5, 5.41) is 14.7. The number of nitro groups is 1. The number of carbonyl (C=O) groups is 2. The van der Waals surface area contributed by atoms with Crippen molar-refractivity contribution in [1.29, 1.82) is 0 Å². The fourth-order valence-electron chi connectivity index (χ4n) is 5.85. The number of non-ortho nitro benzene ring substituents is 1. The van der Waals surface area contributed by atoms with Gasteiger partial charge in [-0.2, -0.15) is 0 Å². The molecule has 0 spiro atoms. The maximum Gasteiger partial charge on any atom is 0.337 e. The molecule has 4 rings (SSSR count). The van der Waals surface area contributed by atoms with Crippen LogP contribution in [0.5, 0.6) is 0 Å². The van der Waals surface area contributed by atoms with E-state index in [-0.39, 0.29) is 48.2 Å². The maximum atomic E-state index is 14.1. The molecule has 0 saturated carbocycles. The van der Waals surface area contributed by atoms with Crippen LogP contribution in [0, 0.1) is 10.1 Å². The average Bonchev–Trinajstić information content (AvgIpc) is 3.03. The topological polar surface area (TPSA) is 111 Å². The van der Waals surface area contributed by atoms with Crippen molar-refractivity contribution in [2.24, 2.45) is 0 Å². The molecule has 1 aliphatic heterocycles. The molecule has 9 nitrogen and oxygen atoms in total. The molecule has 244 valence electrons. The van der Waals surface area contributed by atoms with Gasteiger partial charge in [0.05, 0.1) is 29.1 Å². The van der Waals surface area contributed by atoms with Crippen LogP contribution in [0.4, 0.5) is 5.69 Å². The summed E-state index contributed by atoms with van der Waals surface area (Å²) in [6, 6.07) is 25.5. The number of ether oxygens (including phenoxy) is 2. The Hall–Kier alpha value is -4.47. The second-order valence-electron chi connectivity index (χ2n) is 11.7. The van der Waals surface area contributed by atoms with Crippen LogP contribution in [-0.4, -0.2) is 54.5 Å². The largest absolute Gasteiger partial charge is 0.466 e. The van der Waals surface area contributed by atoms with Crippen molar-refractivity contribution in [2.75, 3.05) is 27.2 Å². The highest BCUT2D eigenvalue weighted by molar-refractivity contribution is 6.00. The first-order valence-corrected chi connectivity index (χ1v) is 14.7. The second-order valence-corrected chi connectivity index (χ2v) is 11.7. The molecule has 0 aliphatic carbocycles. The van der Waals surface area contributed by atoms with Crippen molar-refractivity contribution in [3.05, 3.63) is 134 Å². The Morgan fingerprint density at radius 1 is 0.957 bits per heavy atom. The second kappa shape index (κ2) is 15.7. The van der Waals surface area contributed by atoms with E-state index in [9.17, 15) is 19.7 Å². The van der Waals surface area contributed by atoms with Crippen molar-refractivity contribution in [2.45, 2.75) is 51.6 Å². The van der Waals surface area contributed by atoms with E-state index in [1.54, 1.807) is 33.8 Å². The van der Waals surface area contributed by atoms with Gasteiger partial charge >= 0.3 is 11.9 Å². The highest BCUT2D eigenvalue weighted by Gasteiger charge is 2.40. The molecule has 0 aromatic heterocycles. The van der Waals surface area contributed by atoms with Crippen LogP contribution >= 0.6 is 12.4 Å². The minimum absolute atomic E-state index is 0. The van der Waals surface area contributed by atoms with E-state index in [1.807, 2.05) is 60.7 Å². The van der Waals surface area contributed by atoms with Gasteiger partial charge in [0.25, 0.3) is 5.69 Å². The lowest BCUT2D eigenvalue weighted by molar-refractivity contribution is -0.384. The van der Waals surface area contributed by atoms with Gasteiger partial charge in [0.15, 0.2) is 0 Å². The highest BCUT2D eigenvalue weighted by atomic mass is 35.5. The van der Waals surface area contributed by atoms with Crippen LogP contribution in [0.15, 0.2) is 107 Å². The fraction of sp³-hybridized carbons (Fsp3) is 0.333. The maximum absolute atomic E-state index is 14.1. The van der Waals surface area contributed by atoms with Gasteiger partial charge in [-0.05, 0) is 64.3 Å². The van der Waals surface area contributed by atoms with Crippen LogP contribution < -0.4 is 5.32 Å². The Kier molecular flexibility index (Phi) is 10.7. The van der Waals surface area contributed by atoms with Crippen LogP contribution in [0.2, 0.25) is 0 Å². The third-order valence-electron chi connectivity index (χ3n) is 7.83. The summed E-state index contributed by atoms with van der Waals surface area (Å²) in [5.74, 6) is -2.62. The first kappa shape index (κ1) is 31.5. The first-order valence-electron chi connectivity index (χ1n) is 16.2. The van der Waals surface area contributed by atoms with E-state index in [2.05, 4.69) is 5.32 Å². The Morgan fingerprint density at radius 3 is 2.04 bits per heavy atom. The van der Waals surface area contributed by atoms with Crippen molar-refractivity contribution in [3.63, 3.8) is 0 Å². The molecule has 0 bridgehead atoms. The molecule has 1 aliphatic rings. The lowest BCUT2D eigenvalue weighted by atomic mass is 9.80. The zero-order valence-electron chi connectivity index (χ0n) is 29.6. The number of benzene rings is 3. The third-order valence-corrected chi connectivity index (χ3v) is 7.83. The standard InChI is InChI=1S/C36H41N3O6.ClH/c1-24-31(34(40)44-6)33(28-18-13-19-29(22-28)39(42)43)32(25(2)37-24)35(41)45-36(3,4)23-38(5)21-20-30(26-14-9-7-10-15-26)27-16-11-8-12-17-27;/h7-19,22,30,33,37H,20-21,23H2,1-6H3;1H/t33-;/m0./s1/i5D3;. The lowest BCUT2D eigenvalue weighted by Gasteiger charge is -2.34. The summed E-state index contributed by atoms with van der Waals surface area (Å²) in [6.45, 7) is 4.13. The van der Waals surface area contributed by atoms with Crippen LogP contribution in [-0.2, 0) is 19.1 Å². The van der Waals surface area contributed by atoms with Gasteiger partial charge in [-0.3, -0.25) is 10.1 Å². The summed E-state index contributed by atoms with van der Waals surface area (Å²) in [7, 11) is 1.21. The molecular formula is C36H42ClN3O6. The Bertz CT molecular complexity index is 1670. The Morgan fingerprint density at radius 2 is 1.52 bits per heavy atom. The van der Waals surface area contributed by atoms with Gasteiger partial charge in [-0.15, -0.1) is 12.4 Å². The monoisotopic (exact) mass is 650 g/mol. The van der Waals surface area contributed by atoms with E-state index < -0.39 is 35.4 Å². The number of methoxy groups -OCH3 is 1. The number of hydrogen-bond acceptors (Lipinski definition) is 8. The molecule has 1 N–H and O–H groups in total. The van der Waals surface area contributed by atoms with Crippen LogP contribution in [0.1, 0.15) is 66.8 Å². The van der Waals surface area contributed by atoms with Crippen molar-refractivity contribution in [1.82, 2.24) is 10.2 Å². The molecule has 3 aromatic rings. The molecule has 0 amide bonds. The lowest BCUT2D eigenvalue weighted by Crippen LogP contribution is -2.42. The van der Waals surface area contributed by atoms with Crippen molar-refractivity contribution >= 4 is 30.0 Å². The molecular weight excluding hydrogens is 606 g/mol. The summed E-state index contributed by atoms with van der Waals surface area (Å²) < 4.78 is 36.1.